The molecule has 0 aliphatic rings. The minimum absolute atomic E-state index is 0.142. The minimum atomic E-state index is -4.34. The van der Waals surface area contributed by atoms with Crippen molar-refractivity contribution >= 4 is 10.1 Å². The van der Waals surface area contributed by atoms with Crippen molar-refractivity contribution in [1.82, 2.24) is 0 Å². The molecule has 0 bridgehead atoms. The molecule has 0 saturated heterocycles. The normalized spacial score (nSPS) is 14.3. The van der Waals surface area contributed by atoms with Crippen LogP contribution in [0.15, 0.2) is 29.2 Å². The van der Waals surface area contributed by atoms with Crippen LogP contribution in [0.3, 0.4) is 0 Å². The van der Waals surface area contributed by atoms with Crippen molar-refractivity contribution in [3.05, 3.63) is 29.8 Å². The third kappa shape index (κ3) is 9.72. The Balaban J connectivity index is 2.18. The van der Waals surface area contributed by atoms with Gasteiger partial charge in [0.05, 0.1) is 4.90 Å². The number of hydrogen-bond acceptors (Lipinski definition) is 3. The van der Waals surface area contributed by atoms with Crippen molar-refractivity contribution in [2.45, 2.75) is 102 Å². The van der Waals surface area contributed by atoms with Crippen LogP contribution in [-0.2, 0) is 10.1 Å². The van der Waals surface area contributed by atoms with E-state index < -0.39 is 10.1 Å². The SMILES string of the molecule is CCCCCCCCCCC(C)CCC(C)c1ccc(S(=O)(=O)[O-])cc1. The van der Waals surface area contributed by atoms with Crippen molar-refractivity contribution < 1.29 is 13.0 Å². The molecular formula is C22H37O3S-. The van der Waals surface area contributed by atoms with Crippen molar-refractivity contribution in [2.75, 3.05) is 0 Å². The van der Waals surface area contributed by atoms with E-state index in [2.05, 4.69) is 20.8 Å². The van der Waals surface area contributed by atoms with Gasteiger partial charge in [-0.2, -0.15) is 0 Å². The molecule has 0 fully saturated rings. The molecule has 0 N–H and O–H groups in total. The van der Waals surface area contributed by atoms with Crippen LogP contribution in [0.5, 0.6) is 0 Å². The highest BCUT2D eigenvalue weighted by atomic mass is 32.2. The van der Waals surface area contributed by atoms with Crippen LogP contribution < -0.4 is 0 Å². The molecule has 0 saturated carbocycles. The molecule has 2 unspecified atom stereocenters. The maximum absolute atomic E-state index is 11.0. The maximum atomic E-state index is 11.0. The number of hydrogen-bond donors (Lipinski definition) is 0. The Morgan fingerprint density at radius 2 is 1.35 bits per heavy atom. The Morgan fingerprint density at radius 3 is 1.88 bits per heavy atom. The van der Waals surface area contributed by atoms with Crippen molar-refractivity contribution in [3.8, 4) is 0 Å². The van der Waals surface area contributed by atoms with E-state index in [0.29, 0.717) is 5.92 Å². The average molecular weight is 382 g/mol. The lowest BCUT2D eigenvalue weighted by atomic mass is 9.90. The van der Waals surface area contributed by atoms with E-state index in [1.54, 1.807) is 12.1 Å². The lowest BCUT2D eigenvalue weighted by Crippen LogP contribution is -2.02. The summed E-state index contributed by atoms with van der Waals surface area (Å²) in [4.78, 5) is -0.142. The van der Waals surface area contributed by atoms with Crippen LogP contribution in [0.2, 0.25) is 0 Å². The highest BCUT2D eigenvalue weighted by molar-refractivity contribution is 7.85. The summed E-state index contributed by atoms with van der Waals surface area (Å²) in [5.41, 5.74) is 1.11. The average Bonchev–Trinajstić information content (AvgIpc) is 2.61. The van der Waals surface area contributed by atoms with Crippen molar-refractivity contribution in [2.24, 2.45) is 5.92 Å². The number of benzene rings is 1. The van der Waals surface area contributed by atoms with E-state index in [-0.39, 0.29) is 4.90 Å². The lowest BCUT2D eigenvalue weighted by Gasteiger charge is -2.17. The first-order chi connectivity index (χ1) is 12.3. The van der Waals surface area contributed by atoms with Crippen LogP contribution >= 0.6 is 0 Å². The predicted octanol–water partition coefficient (Wildman–Crippen LogP) is 6.64. The molecule has 0 amide bonds. The third-order valence-corrected chi connectivity index (χ3v) is 6.23. The fourth-order valence-electron chi connectivity index (χ4n) is 3.44. The van der Waals surface area contributed by atoms with Gasteiger partial charge in [-0.15, -0.1) is 0 Å². The van der Waals surface area contributed by atoms with E-state index in [9.17, 15) is 13.0 Å². The van der Waals surface area contributed by atoms with Gasteiger partial charge in [-0.3, -0.25) is 0 Å². The zero-order valence-electron chi connectivity index (χ0n) is 16.9. The summed E-state index contributed by atoms with van der Waals surface area (Å²) in [5, 5.41) is 0. The Labute approximate surface area is 161 Å². The predicted molar refractivity (Wildman–Crippen MR) is 108 cm³/mol. The van der Waals surface area contributed by atoms with Gasteiger partial charge in [0.25, 0.3) is 0 Å². The van der Waals surface area contributed by atoms with E-state index in [1.807, 2.05) is 0 Å². The molecule has 1 aromatic rings. The first-order valence-electron chi connectivity index (χ1n) is 10.4. The summed E-state index contributed by atoms with van der Waals surface area (Å²) >= 11 is 0. The lowest BCUT2D eigenvalue weighted by molar-refractivity contribution is 0.428. The Morgan fingerprint density at radius 1 is 0.808 bits per heavy atom. The summed E-state index contributed by atoms with van der Waals surface area (Å²) in [6.45, 7) is 6.76. The zero-order valence-corrected chi connectivity index (χ0v) is 17.7. The summed E-state index contributed by atoms with van der Waals surface area (Å²) < 4.78 is 33.0. The molecule has 26 heavy (non-hydrogen) atoms. The van der Waals surface area contributed by atoms with Gasteiger partial charge in [0.15, 0.2) is 0 Å². The molecule has 0 aromatic heterocycles. The van der Waals surface area contributed by atoms with Gasteiger partial charge in [0.1, 0.15) is 10.1 Å². The first kappa shape index (κ1) is 23.2. The van der Waals surface area contributed by atoms with E-state index in [1.165, 1.54) is 76.3 Å². The van der Waals surface area contributed by atoms with Gasteiger partial charge < -0.3 is 4.55 Å². The first-order valence-corrected chi connectivity index (χ1v) is 11.8. The summed E-state index contributed by atoms with van der Waals surface area (Å²) in [6, 6.07) is 6.41. The van der Waals surface area contributed by atoms with Gasteiger partial charge in [0, 0.05) is 0 Å². The second-order valence-electron chi connectivity index (χ2n) is 7.87. The second kappa shape index (κ2) is 12.5. The van der Waals surface area contributed by atoms with Crippen LogP contribution in [0, 0.1) is 5.92 Å². The van der Waals surface area contributed by atoms with Crippen molar-refractivity contribution in [1.29, 1.82) is 0 Å². The summed E-state index contributed by atoms with van der Waals surface area (Å²) in [5.74, 6) is 1.12. The standard InChI is InChI=1S/C22H38O3S/c1-4-5-6-7-8-9-10-11-12-19(2)13-14-20(3)21-15-17-22(18-16-21)26(23,24)25/h15-20H,4-14H2,1-3H3,(H,23,24,25)/p-1. The highest BCUT2D eigenvalue weighted by Gasteiger charge is 2.10. The topological polar surface area (TPSA) is 57.2 Å². The van der Waals surface area contributed by atoms with Crippen LogP contribution in [0.1, 0.15) is 103 Å². The largest absolute Gasteiger partial charge is 0.744 e. The minimum Gasteiger partial charge on any atom is -0.744 e. The van der Waals surface area contributed by atoms with Gasteiger partial charge in [-0.25, -0.2) is 8.42 Å². The van der Waals surface area contributed by atoms with Gasteiger partial charge in [0.2, 0.25) is 0 Å². The molecule has 1 aromatic carbocycles. The highest BCUT2D eigenvalue weighted by Crippen LogP contribution is 2.26. The number of rotatable bonds is 14. The third-order valence-electron chi connectivity index (χ3n) is 5.38. The molecule has 0 heterocycles. The molecular weight excluding hydrogens is 344 g/mol. The van der Waals surface area contributed by atoms with Gasteiger partial charge >= 0.3 is 0 Å². The summed E-state index contributed by atoms with van der Waals surface area (Å²) in [7, 11) is -4.34. The van der Waals surface area contributed by atoms with Gasteiger partial charge in [-0.1, -0.05) is 97.1 Å². The molecule has 4 heteroatoms. The summed E-state index contributed by atoms with van der Waals surface area (Å²) in [6.07, 6.45) is 14.5. The molecule has 0 spiro atoms. The zero-order chi connectivity index (χ0) is 19.4. The van der Waals surface area contributed by atoms with Gasteiger partial charge in [-0.05, 0) is 36.0 Å². The molecule has 2 atom stereocenters. The Bertz CT molecular complexity index is 578. The quantitative estimate of drug-likeness (QED) is 0.268. The molecule has 1 rings (SSSR count). The van der Waals surface area contributed by atoms with Crippen LogP contribution in [0.4, 0.5) is 0 Å². The Kier molecular flexibility index (Phi) is 11.1. The Hall–Kier alpha value is -0.870. The maximum Gasteiger partial charge on any atom is 0.124 e. The van der Waals surface area contributed by atoms with Crippen molar-refractivity contribution in [3.63, 3.8) is 0 Å². The second-order valence-corrected chi connectivity index (χ2v) is 9.25. The molecule has 0 aliphatic carbocycles. The monoisotopic (exact) mass is 381 g/mol. The fraction of sp³-hybridized carbons (Fsp3) is 0.727. The number of unbranched alkanes of at least 4 members (excludes halogenated alkanes) is 7. The fourth-order valence-corrected chi connectivity index (χ4v) is 3.90. The molecule has 150 valence electrons. The smallest absolute Gasteiger partial charge is 0.124 e. The molecule has 0 aliphatic heterocycles. The van der Waals surface area contributed by atoms with Crippen LogP contribution in [0.25, 0.3) is 0 Å². The van der Waals surface area contributed by atoms with Crippen LogP contribution in [-0.4, -0.2) is 13.0 Å². The van der Waals surface area contributed by atoms with E-state index in [4.69, 9.17) is 0 Å². The van der Waals surface area contributed by atoms with E-state index >= 15 is 0 Å². The van der Waals surface area contributed by atoms with E-state index in [0.717, 1.165) is 17.9 Å². The molecule has 3 nitrogen and oxygen atoms in total. The molecule has 0 radical (unpaired) electrons.